The second kappa shape index (κ2) is 45.0. The Morgan fingerprint density at radius 1 is 0.312 bits per heavy atom. The van der Waals surface area contributed by atoms with Gasteiger partial charge in [0.1, 0.15) is 0 Å². The molecule has 0 fully saturated rings. The summed E-state index contributed by atoms with van der Waals surface area (Å²) in [6.07, 6.45) is 8.91. The maximum Gasteiger partial charge on any atom is 3.00 e. The fourth-order valence-electron chi connectivity index (χ4n) is 4.47. The maximum absolute atomic E-state index is 10.7. The smallest absolute Gasteiger partial charge is 0.876 e. The van der Waals surface area contributed by atoms with Crippen molar-refractivity contribution in [3.63, 3.8) is 0 Å². The molecule has 0 unspecified atom stereocenters. The molecule has 2 rings (SSSR count). The van der Waals surface area contributed by atoms with Crippen LogP contribution in [0.5, 0.6) is 0 Å². The van der Waals surface area contributed by atoms with E-state index in [9.17, 15) is 30.6 Å². The zero-order valence-corrected chi connectivity index (χ0v) is 47.4. The van der Waals surface area contributed by atoms with Crippen molar-refractivity contribution in [1.29, 1.82) is 0 Å². The number of hydrogen-bond acceptors (Lipinski definition) is 12. The first-order valence-electron chi connectivity index (χ1n) is 20.2. The van der Waals surface area contributed by atoms with Crippen molar-refractivity contribution in [1.82, 2.24) is 0 Å². The van der Waals surface area contributed by atoms with E-state index in [4.69, 9.17) is 0 Å². The molecule has 2 aromatic carbocycles. The molecule has 0 aliphatic rings. The second-order valence-electron chi connectivity index (χ2n) is 14.0. The van der Waals surface area contributed by atoms with Gasteiger partial charge in [0.2, 0.25) is 0 Å². The van der Waals surface area contributed by atoms with Crippen LogP contribution in [0.2, 0.25) is 0 Å². The molecule has 0 aliphatic carbocycles. The van der Waals surface area contributed by atoms with E-state index < -0.39 is 0 Å². The zero-order valence-electron chi connectivity index (χ0n) is 40.8. The number of benzene rings is 2. The van der Waals surface area contributed by atoms with Gasteiger partial charge in [0.25, 0.3) is 0 Å². The Balaban J connectivity index is -0.000000233. The Morgan fingerprint density at radius 3 is 0.547 bits per heavy atom. The van der Waals surface area contributed by atoms with Crippen molar-refractivity contribution in [2.45, 2.75) is 96.9 Å². The SMILES string of the molecule is CC(/C=C(/C)[O-])=NCCN=C(C)/C=C(/C)[O-].CC(/C=C(/C)[O-])=NCCN=C(C)/C=C(/C)[O-].CC(/C=C(/C)[O-])=NCCN=C(C)/C=C(/C)[O-].Cc1ccccc1.Cc1ccccc1.[In+3].[In+3]. The number of aryl methyl sites for hydroxylation is 2. The Morgan fingerprint density at radius 2 is 0.453 bits per heavy atom. The van der Waals surface area contributed by atoms with Crippen LogP contribution in [0.3, 0.4) is 0 Å². The summed E-state index contributed by atoms with van der Waals surface area (Å²) in [4.78, 5) is 24.9. The van der Waals surface area contributed by atoms with E-state index in [0.29, 0.717) is 73.5 Å². The third kappa shape index (κ3) is 57.4. The van der Waals surface area contributed by atoms with Gasteiger partial charge in [-0.25, -0.2) is 0 Å². The Kier molecular flexibility index (Phi) is 48.2. The van der Waals surface area contributed by atoms with Crippen LogP contribution >= 0.6 is 0 Å². The maximum atomic E-state index is 10.7. The van der Waals surface area contributed by atoms with Gasteiger partial charge in [-0.2, -0.15) is 0 Å². The average molecular weight is 1080 g/mol. The molecule has 0 amide bonds. The number of aliphatic imine (C=N–C) groups is 6. The quantitative estimate of drug-likeness (QED) is 0.142. The Hall–Kier alpha value is -4.56. The third-order valence-electron chi connectivity index (χ3n) is 6.82. The molecule has 12 nitrogen and oxygen atoms in total. The first kappa shape index (κ1) is 68.5. The molecule has 0 N–H and O–H groups in total. The molecule has 64 heavy (non-hydrogen) atoms. The molecule has 0 aromatic heterocycles. The summed E-state index contributed by atoms with van der Waals surface area (Å²) in [5.74, 6) is -0.0509. The molecular formula is C50H70In2N6O6. The second-order valence-corrected chi connectivity index (χ2v) is 14.0. The van der Waals surface area contributed by atoms with Crippen LogP contribution in [0.4, 0.5) is 0 Å². The van der Waals surface area contributed by atoms with E-state index in [1.807, 2.05) is 36.4 Å². The first-order chi connectivity index (χ1) is 29.0. The van der Waals surface area contributed by atoms with Gasteiger partial charge in [0, 0.05) is 34.3 Å². The van der Waals surface area contributed by atoms with Crippen molar-refractivity contribution in [2.75, 3.05) is 39.3 Å². The van der Waals surface area contributed by atoms with E-state index >= 15 is 0 Å². The fourth-order valence-corrected chi connectivity index (χ4v) is 4.47. The monoisotopic (exact) mass is 1080 g/mol. The molecule has 0 saturated carbocycles. The van der Waals surface area contributed by atoms with E-state index in [-0.39, 0.29) is 86.2 Å². The summed E-state index contributed by atoms with van der Waals surface area (Å²) in [5.41, 5.74) is 6.87. The molecule has 0 spiro atoms. The van der Waals surface area contributed by atoms with Gasteiger partial charge in [-0.3, -0.25) is 30.0 Å². The largest absolute Gasteiger partial charge is 3.00 e. The number of rotatable bonds is 15. The van der Waals surface area contributed by atoms with Gasteiger partial charge < -0.3 is 30.6 Å². The average Bonchev–Trinajstić information content (AvgIpc) is 3.14. The molecule has 0 bridgehead atoms. The molecule has 0 atom stereocenters. The van der Waals surface area contributed by atoms with Gasteiger partial charge in [-0.15, -0.1) is 34.6 Å². The normalized spacial score (nSPS) is 13.5. The van der Waals surface area contributed by atoms with Gasteiger partial charge in [0.15, 0.2) is 0 Å². The van der Waals surface area contributed by atoms with Gasteiger partial charge in [-0.05, 0) is 55.4 Å². The van der Waals surface area contributed by atoms with Crippen LogP contribution in [-0.4, -0.2) is 125 Å². The summed E-state index contributed by atoms with van der Waals surface area (Å²) < 4.78 is 0. The van der Waals surface area contributed by atoms with Crippen LogP contribution in [0, 0.1) is 13.8 Å². The van der Waals surface area contributed by atoms with Crippen molar-refractivity contribution >= 4 is 86.0 Å². The van der Waals surface area contributed by atoms with Gasteiger partial charge >= 0.3 is 51.7 Å². The first-order valence-corrected chi connectivity index (χ1v) is 20.2. The molecular weight excluding hydrogens is 1010 g/mol. The molecule has 342 valence electrons. The van der Waals surface area contributed by atoms with E-state index in [2.05, 4.69) is 68.1 Å². The Labute approximate surface area is 422 Å². The van der Waals surface area contributed by atoms with E-state index in [0.717, 1.165) is 0 Å². The summed E-state index contributed by atoms with van der Waals surface area (Å²) in [7, 11) is 0. The predicted octanol–water partition coefficient (Wildman–Crippen LogP) is 4.54. The van der Waals surface area contributed by atoms with Crippen molar-refractivity contribution in [3.05, 3.63) is 143 Å². The van der Waals surface area contributed by atoms with Crippen LogP contribution in [0.15, 0.2) is 162 Å². The molecule has 2 aromatic rings. The third-order valence-corrected chi connectivity index (χ3v) is 6.82. The molecule has 0 radical (unpaired) electrons. The van der Waals surface area contributed by atoms with Gasteiger partial charge in [-0.1, -0.05) is 150 Å². The molecule has 0 saturated heterocycles. The summed E-state index contributed by atoms with van der Waals surface area (Å²) >= 11 is 0. The summed E-state index contributed by atoms with van der Waals surface area (Å²) in [5, 5.41) is 64.3. The standard InChI is InChI=1S/3C12H20N2O2.2C7H8.2In/c3*1-9(7-11(3)15)13-5-6-14-10(2)8-12(4)16;2*1-7-5-3-2-4-6-7;;/h3*7-8,15-16H,5-6H2,1-4H3;2*2-6H,1H3;;/q;;;;;2*+3/p-6/b3*11-7-,12-8-,13-9?,14-10?;;;;. The van der Waals surface area contributed by atoms with Crippen molar-refractivity contribution < 1.29 is 30.6 Å². The van der Waals surface area contributed by atoms with Crippen LogP contribution in [0.1, 0.15) is 94.2 Å². The van der Waals surface area contributed by atoms with E-state index in [1.54, 1.807) is 41.5 Å². The minimum Gasteiger partial charge on any atom is -0.876 e. The Bertz CT molecular complexity index is 1600. The van der Waals surface area contributed by atoms with Crippen molar-refractivity contribution in [2.24, 2.45) is 30.0 Å². The van der Waals surface area contributed by atoms with Crippen LogP contribution in [-0.2, 0) is 0 Å². The predicted molar refractivity (Wildman–Crippen MR) is 264 cm³/mol. The molecule has 0 heterocycles. The number of hydrogen-bond donors (Lipinski definition) is 0. The minimum absolute atomic E-state index is 0. The van der Waals surface area contributed by atoms with E-state index in [1.165, 1.54) is 89.1 Å². The zero-order chi connectivity index (χ0) is 47.9. The van der Waals surface area contributed by atoms with Crippen LogP contribution < -0.4 is 30.6 Å². The van der Waals surface area contributed by atoms with Crippen LogP contribution in [0.25, 0.3) is 0 Å². The fraction of sp³-hybridized carbons (Fsp3) is 0.400. The summed E-state index contributed by atoms with van der Waals surface area (Å²) in [6, 6.07) is 20.5. The molecule has 0 aliphatic heterocycles. The topological polar surface area (TPSA) is 213 Å². The molecule has 14 heteroatoms. The number of nitrogens with zero attached hydrogens (tertiary/aromatic N) is 6. The number of allylic oxidation sites excluding steroid dienone is 12. The van der Waals surface area contributed by atoms with Crippen molar-refractivity contribution in [3.8, 4) is 0 Å². The summed E-state index contributed by atoms with van der Waals surface area (Å²) in [6.45, 7) is 26.9. The van der Waals surface area contributed by atoms with Gasteiger partial charge in [0.05, 0.1) is 39.3 Å². The minimum atomic E-state index is -0.00848.